The molecule has 0 bridgehead atoms. The Kier molecular flexibility index (Phi) is 8.10. The molecule has 4 heteroatoms. The van der Waals surface area contributed by atoms with E-state index in [4.69, 9.17) is 10.5 Å². The molecule has 0 saturated carbocycles. The first-order valence-corrected chi connectivity index (χ1v) is 8.56. The molecule has 0 aliphatic carbocycles. The molecule has 0 unspecified atom stereocenters. The first-order valence-electron chi connectivity index (χ1n) is 8.56. The number of rotatable bonds is 9. The molecule has 0 radical (unpaired) electrons. The van der Waals surface area contributed by atoms with E-state index in [2.05, 4.69) is 39.9 Å². The van der Waals surface area contributed by atoms with Gasteiger partial charge in [-0.3, -0.25) is 0 Å². The number of ether oxygens (including phenoxy) is 1. The molecule has 4 nitrogen and oxygen atoms in total. The Morgan fingerprint density at radius 2 is 1.57 bits per heavy atom. The highest BCUT2D eigenvalue weighted by Gasteiger charge is 2.16. The van der Waals surface area contributed by atoms with Crippen molar-refractivity contribution in [3.8, 4) is 0 Å². The molecule has 1 atom stereocenters. The zero-order valence-electron chi connectivity index (χ0n) is 15.1. The summed E-state index contributed by atoms with van der Waals surface area (Å²) in [6.45, 7) is 11.4. The van der Waals surface area contributed by atoms with Crippen LogP contribution < -0.4 is 11.1 Å². The van der Waals surface area contributed by atoms with E-state index in [1.165, 1.54) is 0 Å². The molecule has 1 aromatic carbocycles. The van der Waals surface area contributed by atoms with E-state index in [1.54, 1.807) is 24.3 Å². The molecular formula is C19H32N2O2. The molecule has 0 fully saturated rings. The first-order chi connectivity index (χ1) is 10.8. The smallest absolute Gasteiger partial charge is 0.338 e. The molecule has 0 saturated heterocycles. The predicted octanol–water partition coefficient (Wildman–Crippen LogP) is 3.86. The normalized spacial score (nSPS) is 12.9. The second kappa shape index (κ2) is 9.56. The van der Waals surface area contributed by atoms with E-state index >= 15 is 0 Å². The first kappa shape index (κ1) is 19.5. The standard InChI is InChI=1S/C19H32N2O2/c1-13(2)10-18(11-14(3)4)21-15(5)12-23-19(22)16-6-8-17(20)9-7-16/h6-9,13-15,18,21H,10-12,20H2,1-5H3/t15-/m0/s1. The second-order valence-corrected chi connectivity index (χ2v) is 7.24. The predicted molar refractivity (Wildman–Crippen MR) is 96.4 cm³/mol. The topological polar surface area (TPSA) is 64.3 Å². The van der Waals surface area contributed by atoms with Gasteiger partial charge in [-0.05, 0) is 55.9 Å². The quantitative estimate of drug-likeness (QED) is 0.535. The number of esters is 1. The Balaban J connectivity index is 2.45. The Hall–Kier alpha value is -1.55. The van der Waals surface area contributed by atoms with Gasteiger partial charge in [0.1, 0.15) is 6.61 Å². The highest BCUT2D eigenvalue weighted by atomic mass is 16.5. The molecule has 130 valence electrons. The van der Waals surface area contributed by atoms with Gasteiger partial charge in [-0.15, -0.1) is 0 Å². The number of nitrogens with one attached hydrogen (secondary N) is 1. The number of hydrogen-bond acceptors (Lipinski definition) is 4. The van der Waals surface area contributed by atoms with Crippen LogP contribution in [0, 0.1) is 11.8 Å². The van der Waals surface area contributed by atoms with E-state index in [0.29, 0.717) is 35.7 Å². The van der Waals surface area contributed by atoms with E-state index in [-0.39, 0.29) is 12.0 Å². The van der Waals surface area contributed by atoms with Gasteiger partial charge in [0, 0.05) is 17.8 Å². The fourth-order valence-electron chi connectivity index (χ4n) is 2.72. The molecule has 3 N–H and O–H groups in total. The SMILES string of the molecule is CC(C)CC(CC(C)C)N[C@@H](C)COC(=O)c1ccc(N)cc1. The highest BCUT2D eigenvalue weighted by molar-refractivity contribution is 5.89. The van der Waals surface area contributed by atoms with Gasteiger partial charge in [0.2, 0.25) is 0 Å². The number of nitrogens with two attached hydrogens (primary N) is 1. The van der Waals surface area contributed by atoms with Crippen LogP contribution in [0.2, 0.25) is 0 Å². The summed E-state index contributed by atoms with van der Waals surface area (Å²) < 4.78 is 5.40. The van der Waals surface area contributed by atoms with Crippen molar-refractivity contribution in [2.24, 2.45) is 11.8 Å². The number of carbonyl (C=O) groups excluding carboxylic acids is 1. The Morgan fingerprint density at radius 3 is 2.04 bits per heavy atom. The zero-order valence-corrected chi connectivity index (χ0v) is 15.1. The molecule has 0 aromatic heterocycles. The molecule has 0 aliphatic heterocycles. The van der Waals surface area contributed by atoms with Crippen molar-refractivity contribution in [3.63, 3.8) is 0 Å². The fourth-order valence-corrected chi connectivity index (χ4v) is 2.72. The van der Waals surface area contributed by atoms with Crippen molar-refractivity contribution in [1.29, 1.82) is 0 Å². The number of benzene rings is 1. The van der Waals surface area contributed by atoms with Crippen molar-refractivity contribution < 1.29 is 9.53 Å². The lowest BCUT2D eigenvalue weighted by Gasteiger charge is -2.26. The monoisotopic (exact) mass is 320 g/mol. The summed E-state index contributed by atoms with van der Waals surface area (Å²) >= 11 is 0. The van der Waals surface area contributed by atoms with Gasteiger partial charge < -0.3 is 15.8 Å². The van der Waals surface area contributed by atoms with Gasteiger partial charge in [0.25, 0.3) is 0 Å². The fraction of sp³-hybridized carbons (Fsp3) is 0.632. The minimum Gasteiger partial charge on any atom is -0.460 e. The number of carbonyl (C=O) groups is 1. The van der Waals surface area contributed by atoms with Gasteiger partial charge in [0.15, 0.2) is 0 Å². The summed E-state index contributed by atoms with van der Waals surface area (Å²) in [5.41, 5.74) is 6.80. The van der Waals surface area contributed by atoms with Gasteiger partial charge in [-0.25, -0.2) is 4.79 Å². The third-order valence-electron chi connectivity index (χ3n) is 3.64. The van der Waals surface area contributed by atoms with Crippen molar-refractivity contribution in [2.75, 3.05) is 12.3 Å². The third kappa shape index (κ3) is 8.03. The van der Waals surface area contributed by atoms with E-state index in [9.17, 15) is 4.79 Å². The molecular weight excluding hydrogens is 288 g/mol. The Bertz CT molecular complexity index is 459. The maximum absolute atomic E-state index is 12.0. The third-order valence-corrected chi connectivity index (χ3v) is 3.64. The molecule has 1 rings (SSSR count). The minimum absolute atomic E-state index is 0.134. The lowest BCUT2D eigenvalue weighted by molar-refractivity contribution is 0.0463. The Labute approximate surface area is 140 Å². The maximum atomic E-state index is 12.0. The Morgan fingerprint density at radius 1 is 1.04 bits per heavy atom. The van der Waals surface area contributed by atoms with Crippen LogP contribution in [-0.2, 0) is 4.74 Å². The van der Waals surface area contributed by atoms with E-state index in [0.717, 1.165) is 12.8 Å². The van der Waals surface area contributed by atoms with Gasteiger partial charge in [0.05, 0.1) is 5.56 Å². The molecule has 23 heavy (non-hydrogen) atoms. The van der Waals surface area contributed by atoms with E-state index < -0.39 is 0 Å². The molecule has 0 spiro atoms. The van der Waals surface area contributed by atoms with Crippen LogP contribution in [0.5, 0.6) is 0 Å². The van der Waals surface area contributed by atoms with Crippen LogP contribution in [0.1, 0.15) is 57.8 Å². The van der Waals surface area contributed by atoms with Crippen LogP contribution in [0.3, 0.4) is 0 Å². The summed E-state index contributed by atoms with van der Waals surface area (Å²) in [6, 6.07) is 7.39. The van der Waals surface area contributed by atoms with Gasteiger partial charge in [-0.1, -0.05) is 27.7 Å². The largest absolute Gasteiger partial charge is 0.460 e. The number of hydrogen-bond donors (Lipinski definition) is 2. The maximum Gasteiger partial charge on any atom is 0.338 e. The summed E-state index contributed by atoms with van der Waals surface area (Å²) in [7, 11) is 0. The summed E-state index contributed by atoms with van der Waals surface area (Å²) in [6.07, 6.45) is 2.27. The number of nitrogen functional groups attached to an aromatic ring is 1. The lowest BCUT2D eigenvalue weighted by atomic mass is 9.95. The average Bonchev–Trinajstić information content (AvgIpc) is 2.44. The zero-order chi connectivity index (χ0) is 17.4. The van der Waals surface area contributed by atoms with Crippen LogP contribution in [-0.4, -0.2) is 24.7 Å². The molecule has 0 aliphatic rings. The van der Waals surface area contributed by atoms with Gasteiger partial charge >= 0.3 is 5.97 Å². The summed E-state index contributed by atoms with van der Waals surface area (Å²) in [5.74, 6) is 0.995. The summed E-state index contributed by atoms with van der Waals surface area (Å²) in [4.78, 5) is 12.0. The number of anilines is 1. The molecule has 1 aromatic rings. The van der Waals surface area contributed by atoms with Crippen molar-refractivity contribution in [3.05, 3.63) is 29.8 Å². The van der Waals surface area contributed by atoms with E-state index in [1.807, 2.05) is 0 Å². The minimum atomic E-state index is -0.303. The summed E-state index contributed by atoms with van der Waals surface area (Å²) in [5, 5.41) is 3.60. The average molecular weight is 320 g/mol. The molecule has 0 amide bonds. The van der Waals surface area contributed by atoms with Crippen molar-refractivity contribution >= 4 is 11.7 Å². The van der Waals surface area contributed by atoms with Crippen molar-refractivity contribution in [2.45, 2.75) is 59.5 Å². The van der Waals surface area contributed by atoms with Gasteiger partial charge in [-0.2, -0.15) is 0 Å². The van der Waals surface area contributed by atoms with Crippen LogP contribution in [0.25, 0.3) is 0 Å². The van der Waals surface area contributed by atoms with Crippen LogP contribution >= 0.6 is 0 Å². The van der Waals surface area contributed by atoms with Crippen LogP contribution in [0.15, 0.2) is 24.3 Å². The highest BCUT2D eigenvalue weighted by Crippen LogP contribution is 2.14. The lowest BCUT2D eigenvalue weighted by Crippen LogP contribution is -2.41. The molecule has 0 heterocycles. The second-order valence-electron chi connectivity index (χ2n) is 7.24. The van der Waals surface area contributed by atoms with Crippen molar-refractivity contribution in [1.82, 2.24) is 5.32 Å². The van der Waals surface area contributed by atoms with Crippen LogP contribution in [0.4, 0.5) is 5.69 Å².